The molecule has 0 aromatic heterocycles. The first-order chi connectivity index (χ1) is 10.3. The molecule has 0 rings (SSSR count). The first kappa shape index (κ1) is 25.2. The zero-order chi connectivity index (χ0) is 17.0. The first-order valence-corrected chi connectivity index (χ1v) is 10.5. The summed E-state index contributed by atoms with van der Waals surface area (Å²) in [6.07, 6.45) is 8.04. The predicted octanol–water partition coefficient (Wildman–Crippen LogP) is 3.20. The Morgan fingerprint density at radius 1 is 1.13 bits per heavy atom. The van der Waals surface area contributed by atoms with Crippen molar-refractivity contribution < 1.29 is 8.42 Å². The summed E-state index contributed by atoms with van der Waals surface area (Å²) in [4.78, 5) is 4.23. The van der Waals surface area contributed by atoms with Gasteiger partial charge in [0.25, 0.3) is 0 Å². The van der Waals surface area contributed by atoms with Crippen LogP contribution in [0.3, 0.4) is 0 Å². The summed E-state index contributed by atoms with van der Waals surface area (Å²) in [7, 11) is -1.16. The van der Waals surface area contributed by atoms with Gasteiger partial charge >= 0.3 is 0 Å². The van der Waals surface area contributed by atoms with Crippen LogP contribution < -0.4 is 10.6 Å². The number of nitrogens with zero attached hydrogens (tertiary/aromatic N) is 1. The van der Waals surface area contributed by atoms with E-state index in [4.69, 9.17) is 0 Å². The summed E-state index contributed by atoms with van der Waals surface area (Å²) in [5.41, 5.74) is 0. The molecule has 0 fully saturated rings. The second-order valence-corrected chi connectivity index (χ2v) is 8.47. The highest BCUT2D eigenvalue weighted by molar-refractivity contribution is 14.0. The molecule has 0 heterocycles. The van der Waals surface area contributed by atoms with Crippen molar-refractivity contribution in [3.63, 3.8) is 0 Å². The molecule has 0 spiro atoms. The molecule has 140 valence electrons. The Labute approximate surface area is 160 Å². The molecule has 2 N–H and O–H groups in total. The van der Waals surface area contributed by atoms with Gasteiger partial charge in [0.05, 0.1) is 5.75 Å². The monoisotopic (exact) mass is 461 g/mol. The van der Waals surface area contributed by atoms with Crippen LogP contribution in [-0.2, 0) is 9.84 Å². The van der Waals surface area contributed by atoms with Crippen LogP contribution in [0.1, 0.15) is 59.3 Å². The van der Waals surface area contributed by atoms with E-state index in [1.165, 1.54) is 38.4 Å². The minimum Gasteiger partial charge on any atom is -0.356 e. The molecule has 2 unspecified atom stereocenters. The quantitative estimate of drug-likeness (QED) is 0.282. The van der Waals surface area contributed by atoms with Crippen molar-refractivity contribution in [2.45, 2.75) is 65.3 Å². The van der Waals surface area contributed by atoms with Crippen molar-refractivity contribution >= 4 is 39.8 Å². The van der Waals surface area contributed by atoms with Crippen molar-refractivity contribution in [2.24, 2.45) is 10.9 Å². The highest BCUT2D eigenvalue weighted by Gasteiger charge is 2.11. The van der Waals surface area contributed by atoms with Crippen LogP contribution in [-0.4, -0.2) is 46.0 Å². The number of guanidine groups is 1. The highest BCUT2D eigenvalue weighted by atomic mass is 127. The lowest BCUT2D eigenvalue weighted by Gasteiger charge is -2.21. The molecule has 0 aliphatic heterocycles. The lowest BCUT2D eigenvalue weighted by Crippen LogP contribution is -2.44. The summed E-state index contributed by atoms with van der Waals surface area (Å²) in [5.74, 6) is 1.64. The van der Waals surface area contributed by atoms with Gasteiger partial charge < -0.3 is 10.6 Å². The molecule has 0 bridgehead atoms. The van der Waals surface area contributed by atoms with Crippen molar-refractivity contribution in [3.05, 3.63) is 0 Å². The average Bonchev–Trinajstić information content (AvgIpc) is 2.45. The van der Waals surface area contributed by atoms with E-state index < -0.39 is 9.84 Å². The fourth-order valence-corrected chi connectivity index (χ4v) is 3.16. The Morgan fingerprint density at radius 2 is 1.78 bits per heavy atom. The molecule has 0 saturated carbocycles. The number of nitrogens with one attached hydrogen (secondary N) is 2. The maximum atomic E-state index is 11.2. The third-order valence-electron chi connectivity index (χ3n) is 3.75. The Bertz CT molecular complexity index is 414. The average molecular weight is 461 g/mol. The van der Waals surface area contributed by atoms with Gasteiger partial charge in [-0.15, -0.1) is 24.0 Å². The molecule has 0 aromatic carbocycles. The Hall–Kier alpha value is -0.0500. The number of aliphatic imine (C=N–C) groups is 1. The molecule has 0 radical (unpaired) electrons. The molecule has 23 heavy (non-hydrogen) atoms. The number of rotatable bonds is 11. The lowest BCUT2D eigenvalue weighted by molar-refractivity contribution is 0.422. The molecule has 5 nitrogen and oxygen atoms in total. The summed E-state index contributed by atoms with van der Waals surface area (Å²) in [5, 5.41) is 6.65. The van der Waals surface area contributed by atoms with E-state index in [0.29, 0.717) is 12.3 Å². The SMILES string of the molecule is CCCCC(CCC)CNC(=NC)NC(C)CCS(C)(=O)=O.I. The fourth-order valence-electron chi connectivity index (χ4n) is 2.38. The number of halogens is 1. The molecule has 0 amide bonds. The van der Waals surface area contributed by atoms with Crippen LogP contribution >= 0.6 is 24.0 Å². The van der Waals surface area contributed by atoms with Gasteiger partial charge in [0.2, 0.25) is 0 Å². The zero-order valence-corrected chi connectivity index (χ0v) is 18.5. The largest absolute Gasteiger partial charge is 0.356 e. The Morgan fingerprint density at radius 3 is 2.26 bits per heavy atom. The Kier molecular flexibility index (Phi) is 15.7. The first-order valence-electron chi connectivity index (χ1n) is 8.47. The van der Waals surface area contributed by atoms with Gasteiger partial charge in [-0.3, -0.25) is 4.99 Å². The maximum Gasteiger partial charge on any atom is 0.191 e. The highest BCUT2D eigenvalue weighted by Crippen LogP contribution is 2.13. The summed E-state index contributed by atoms with van der Waals surface area (Å²) in [6.45, 7) is 7.35. The van der Waals surface area contributed by atoms with Crippen molar-refractivity contribution in [1.82, 2.24) is 10.6 Å². The summed E-state index contributed by atoms with van der Waals surface area (Å²) >= 11 is 0. The van der Waals surface area contributed by atoms with E-state index in [1.807, 2.05) is 6.92 Å². The smallest absolute Gasteiger partial charge is 0.191 e. The lowest BCUT2D eigenvalue weighted by atomic mass is 9.97. The third kappa shape index (κ3) is 15.2. The van der Waals surface area contributed by atoms with Crippen LogP contribution in [0.15, 0.2) is 4.99 Å². The van der Waals surface area contributed by atoms with Gasteiger partial charge in [-0.2, -0.15) is 0 Å². The molecule has 0 saturated heterocycles. The van der Waals surface area contributed by atoms with Gasteiger partial charge in [-0.25, -0.2) is 8.42 Å². The fraction of sp³-hybridized carbons (Fsp3) is 0.938. The van der Waals surface area contributed by atoms with Crippen LogP contribution in [0.2, 0.25) is 0 Å². The molecule has 0 aliphatic rings. The van der Waals surface area contributed by atoms with Gasteiger partial charge in [-0.05, 0) is 32.1 Å². The molecule has 7 heteroatoms. The van der Waals surface area contributed by atoms with Crippen LogP contribution in [0.25, 0.3) is 0 Å². The molecular weight excluding hydrogens is 425 g/mol. The second-order valence-electron chi connectivity index (χ2n) is 6.21. The Balaban J connectivity index is 0. The van der Waals surface area contributed by atoms with Gasteiger partial charge in [0.15, 0.2) is 5.96 Å². The zero-order valence-electron chi connectivity index (χ0n) is 15.4. The summed E-state index contributed by atoms with van der Waals surface area (Å²) < 4.78 is 22.4. The number of sulfone groups is 1. The van der Waals surface area contributed by atoms with E-state index in [-0.39, 0.29) is 35.8 Å². The van der Waals surface area contributed by atoms with Crippen LogP contribution in [0.4, 0.5) is 0 Å². The van der Waals surface area contributed by atoms with E-state index in [2.05, 4.69) is 29.5 Å². The molecule has 0 aliphatic carbocycles. The molecule has 2 atom stereocenters. The predicted molar refractivity (Wildman–Crippen MR) is 112 cm³/mol. The van der Waals surface area contributed by atoms with Crippen LogP contribution in [0, 0.1) is 5.92 Å². The van der Waals surface area contributed by atoms with Gasteiger partial charge in [-0.1, -0.05) is 33.1 Å². The van der Waals surface area contributed by atoms with E-state index >= 15 is 0 Å². The van der Waals surface area contributed by atoms with Crippen LogP contribution in [0.5, 0.6) is 0 Å². The van der Waals surface area contributed by atoms with Gasteiger partial charge in [0.1, 0.15) is 9.84 Å². The van der Waals surface area contributed by atoms with E-state index in [0.717, 1.165) is 12.5 Å². The standard InChI is InChI=1S/C16H35N3O2S.HI/c1-6-8-10-15(9-7-2)13-18-16(17-4)19-14(3)11-12-22(5,20)21;/h14-15H,6-13H2,1-5H3,(H2,17,18,19);1H. The third-order valence-corrected chi connectivity index (χ3v) is 4.73. The second kappa shape index (κ2) is 14.3. The minimum absolute atomic E-state index is 0. The van der Waals surface area contributed by atoms with Gasteiger partial charge in [0, 0.05) is 25.9 Å². The van der Waals surface area contributed by atoms with Crippen molar-refractivity contribution in [2.75, 3.05) is 25.6 Å². The van der Waals surface area contributed by atoms with Crippen molar-refractivity contribution in [1.29, 1.82) is 0 Å². The summed E-state index contributed by atoms with van der Waals surface area (Å²) in [6, 6.07) is 0.0844. The maximum absolute atomic E-state index is 11.2. The molecule has 0 aromatic rings. The number of hydrogen-bond donors (Lipinski definition) is 2. The number of hydrogen-bond acceptors (Lipinski definition) is 3. The van der Waals surface area contributed by atoms with Crippen molar-refractivity contribution in [3.8, 4) is 0 Å². The minimum atomic E-state index is -2.91. The number of unbranched alkanes of at least 4 members (excludes halogenated alkanes) is 1. The normalized spacial score (nSPS) is 14.7. The molecular formula is C16H36IN3O2S. The van der Waals surface area contributed by atoms with E-state index in [9.17, 15) is 8.42 Å². The topological polar surface area (TPSA) is 70.6 Å². The van der Waals surface area contributed by atoms with E-state index in [1.54, 1.807) is 7.05 Å².